The average molecular weight is 305 g/mol. The van der Waals surface area contributed by atoms with Crippen molar-refractivity contribution in [3.8, 4) is 11.5 Å². The summed E-state index contributed by atoms with van der Waals surface area (Å²) in [7, 11) is 1.73. The summed E-state index contributed by atoms with van der Waals surface area (Å²) >= 11 is 1.66. The van der Waals surface area contributed by atoms with Crippen molar-refractivity contribution < 1.29 is 9.26 Å². The molecule has 1 saturated carbocycles. The molecule has 21 heavy (non-hydrogen) atoms. The van der Waals surface area contributed by atoms with E-state index in [-0.39, 0.29) is 5.60 Å². The lowest BCUT2D eigenvalue weighted by atomic mass is 10.0. The summed E-state index contributed by atoms with van der Waals surface area (Å²) in [6.45, 7) is 0. The first-order chi connectivity index (χ1) is 10.2. The van der Waals surface area contributed by atoms with Crippen LogP contribution in [-0.4, -0.2) is 17.3 Å². The summed E-state index contributed by atoms with van der Waals surface area (Å²) in [5.41, 5.74) is 8.08. The summed E-state index contributed by atoms with van der Waals surface area (Å²) < 4.78 is 11.3. The molecule has 2 heterocycles. The number of nitrogens with zero attached hydrogens (tertiary/aromatic N) is 2. The van der Waals surface area contributed by atoms with Crippen LogP contribution in [0, 0.1) is 0 Å². The van der Waals surface area contributed by atoms with Gasteiger partial charge in [0, 0.05) is 12.0 Å². The van der Waals surface area contributed by atoms with Crippen molar-refractivity contribution in [2.45, 2.75) is 50.5 Å². The van der Waals surface area contributed by atoms with E-state index >= 15 is 0 Å². The van der Waals surface area contributed by atoms with Crippen molar-refractivity contribution in [3.63, 3.8) is 0 Å². The van der Waals surface area contributed by atoms with E-state index in [0.29, 0.717) is 11.7 Å². The minimum absolute atomic E-state index is 0.365. The van der Waals surface area contributed by atoms with Gasteiger partial charge in [0.05, 0.1) is 10.6 Å². The zero-order chi connectivity index (χ0) is 14.4. The fourth-order valence-corrected chi connectivity index (χ4v) is 4.79. The zero-order valence-corrected chi connectivity index (χ0v) is 13.0. The first-order valence-corrected chi connectivity index (χ1v) is 8.35. The fourth-order valence-electron chi connectivity index (χ4n) is 3.64. The van der Waals surface area contributed by atoms with Crippen LogP contribution in [0.1, 0.15) is 48.4 Å². The SMILES string of the molecule is COC1(c2noc(-c3c(N)sc4c3CCC4)n2)CCCC1. The average Bonchev–Trinajstić information content (AvgIpc) is 3.21. The molecule has 0 spiro atoms. The molecule has 0 aliphatic heterocycles. The molecule has 2 aromatic heterocycles. The van der Waals surface area contributed by atoms with Crippen LogP contribution < -0.4 is 5.73 Å². The maximum absolute atomic E-state index is 6.17. The Hall–Kier alpha value is -1.40. The highest BCUT2D eigenvalue weighted by molar-refractivity contribution is 7.16. The van der Waals surface area contributed by atoms with E-state index in [1.54, 1.807) is 18.4 Å². The Balaban J connectivity index is 1.75. The molecule has 2 aliphatic carbocycles. The van der Waals surface area contributed by atoms with Crippen molar-refractivity contribution in [1.82, 2.24) is 10.1 Å². The molecule has 0 bridgehead atoms. The highest BCUT2D eigenvalue weighted by atomic mass is 32.1. The van der Waals surface area contributed by atoms with E-state index in [2.05, 4.69) is 10.1 Å². The Bertz CT molecular complexity index is 671. The molecule has 5 nitrogen and oxygen atoms in total. The van der Waals surface area contributed by atoms with Gasteiger partial charge in [0.25, 0.3) is 5.89 Å². The summed E-state index contributed by atoms with van der Waals surface area (Å²) in [4.78, 5) is 6.02. The number of fused-ring (bicyclic) bond motifs is 1. The Morgan fingerprint density at radius 3 is 2.81 bits per heavy atom. The van der Waals surface area contributed by atoms with Crippen LogP contribution in [0.15, 0.2) is 4.52 Å². The third kappa shape index (κ3) is 1.92. The van der Waals surface area contributed by atoms with Crippen LogP contribution in [-0.2, 0) is 23.2 Å². The molecule has 2 aliphatic rings. The molecule has 2 aromatic rings. The second-order valence-corrected chi connectivity index (χ2v) is 7.06. The lowest BCUT2D eigenvalue weighted by Gasteiger charge is -2.22. The van der Waals surface area contributed by atoms with Gasteiger partial charge in [0.15, 0.2) is 0 Å². The van der Waals surface area contributed by atoms with Gasteiger partial charge in [-0.1, -0.05) is 5.16 Å². The molecular formula is C15H19N3O2S. The molecule has 1 fully saturated rings. The van der Waals surface area contributed by atoms with Crippen LogP contribution >= 0.6 is 11.3 Å². The Labute approximate surface area is 127 Å². The number of aromatic nitrogens is 2. The van der Waals surface area contributed by atoms with Gasteiger partial charge in [0.1, 0.15) is 5.60 Å². The quantitative estimate of drug-likeness (QED) is 0.942. The number of thiophene rings is 1. The molecule has 4 rings (SSSR count). The van der Waals surface area contributed by atoms with E-state index in [0.717, 1.165) is 49.1 Å². The highest BCUT2D eigenvalue weighted by Gasteiger charge is 2.40. The molecule has 0 radical (unpaired) electrons. The Morgan fingerprint density at radius 1 is 1.24 bits per heavy atom. The molecule has 2 N–H and O–H groups in total. The van der Waals surface area contributed by atoms with Crippen LogP contribution in [0.3, 0.4) is 0 Å². The van der Waals surface area contributed by atoms with Crippen molar-refractivity contribution >= 4 is 16.3 Å². The number of nitrogens with two attached hydrogens (primary N) is 1. The number of anilines is 1. The fraction of sp³-hybridized carbons (Fsp3) is 0.600. The maximum Gasteiger partial charge on any atom is 0.261 e. The minimum atomic E-state index is -0.365. The van der Waals surface area contributed by atoms with Gasteiger partial charge >= 0.3 is 0 Å². The largest absolute Gasteiger partial charge is 0.390 e. The van der Waals surface area contributed by atoms with Crippen molar-refractivity contribution in [1.29, 1.82) is 0 Å². The van der Waals surface area contributed by atoms with Gasteiger partial charge in [-0.05, 0) is 50.5 Å². The van der Waals surface area contributed by atoms with Gasteiger partial charge in [-0.25, -0.2) is 0 Å². The van der Waals surface area contributed by atoms with Crippen molar-refractivity contribution in [2.24, 2.45) is 0 Å². The third-order valence-corrected chi connectivity index (χ3v) is 5.92. The molecule has 0 amide bonds. The normalized spacial score (nSPS) is 20.0. The zero-order valence-electron chi connectivity index (χ0n) is 12.1. The lowest BCUT2D eigenvalue weighted by molar-refractivity contribution is -0.0178. The number of aryl methyl sites for hydroxylation is 1. The van der Waals surface area contributed by atoms with Gasteiger partial charge in [-0.3, -0.25) is 0 Å². The predicted octanol–water partition coefficient (Wildman–Crippen LogP) is 3.28. The van der Waals surface area contributed by atoms with Crippen LogP contribution in [0.25, 0.3) is 11.5 Å². The van der Waals surface area contributed by atoms with E-state index < -0.39 is 0 Å². The number of ether oxygens (including phenoxy) is 1. The first kappa shape index (κ1) is 13.3. The number of hydrogen-bond donors (Lipinski definition) is 1. The second kappa shape index (κ2) is 4.81. The molecule has 0 saturated heterocycles. The van der Waals surface area contributed by atoms with E-state index in [1.165, 1.54) is 16.9 Å². The minimum Gasteiger partial charge on any atom is -0.390 e. The summed E-state index contributed by atoms with van der Waals surface area (Å²) in [5, 5.41) is 5.00. The van der Waals surface area contributed by atoms with Crippen molar-refractivity contribution in [2.75, 3.05) is 12.8 Å². The van der Waals surface area contributed by atoms with Gasteiger partial charge in [0.2, 0.25) is 5.82 Å². The molecule has 112 valence electrons. The van der Waals surface area contributed by atoms with Crippen LogP contribution in [0.5, 0.6) is 0 Å². The summed E-state index contributed by atoms with van der Waals surface area (Å²) in [5.74, 6) is 1.24. The Morgan fingerprint density at radius 2 is 2.05 bits per heavy atom. The molecular weight excluding hydrogens is 286 g/mol. The number of rotatable bonds is 3. The highest BCUT2D eigenvalue weighted by Crippen LogP contribution is 2.45. The van der Waals surface area contributed by atoms with Gasteiger partial charge < -0.3 is 15.0 Å². The smallest absolute Gasteiger partial charge is 0.261 e. The topological polar surface area (TPSA) is 74.2 Å². The second-order valence-electron chi connectivity index (χ2n) is 5.93. The van der Waals surface area contributed by atoms with E-state index in [4.69, 9.17) is 15.0 Å². The van der Waals surface area contributed by atoms with Gasteiger partial charge in [-0.2, -0.15) is 4.98 Å². The summed E-state index contributed by atoms with van der Waals surface area (Å²) in [6, 6.07) is 0. The van der Waals surface area contributed by atoms with Gasteiger partial charge in [-0.15, -0.1) is 11.3 Å². The molecule has 6 heteroatoms. The lowest BCUT2D eigenvalue weighted by Crippen LogP contribution is -2.25. The molecule has 0 aromatic carbocycles. The van der Waals surface area contributed by atoms with Crippen LogP contribution in [0.2, 0.25) is 0 Å². The number of hydrogen-bond acceptors (Lipinski definition) is 6. The molecule has 0 unspecified atom stereocenters. The first-order valence-electron chi connectivity index (χ1n) is 7.53. The standard InChI is InChI=1S/C15H19N3O2S/c1-19-15(7-2-3-8-15)14-17-13(20-18-14)11-9-5-4-6-10(9)21-12(11)16/h2-8,16H2,1H3. The Kier molecular flexibility index (Phi) is 3.04. The van der Waals surface area contributed by atoms with E-state index in [1.807, 2.05) is 0 Å². The predicted molar refractivity (Wildman–Crippen MR) is 81.2 cm³/mol. The van der Waals surface area contributed by atoms with Crippen molar-refractivity contribution in [3.05, 3.63) is 16.3 Å². The number of methoxy groups -OCH3 is 1. The summed E-state index contributed by atoms with van der Waals surface area (Å²) in [6.07, 6.45) is 7.58. The van der Waals surface area contributed by atoms with Crippen LogP contribution in [0.4, 0.5) is 5.00 Å². The maximum atomic E-state index is 6.17. The van der Waals surface area contributed by atoms with E-state index in [9.17, 15) is 0 Å². The number of nitrogen functional groups attached to an aromatic ring is 1. The molecule has 0 atom stereocenters. The third-order valence-electron chi connectivity index (χ3n) is 4.80. The monoisotopic (exact) mass is 305 g/mol.